The van der Waals surface area contributed by atoms with Crippen molar-refractivity contribution in [2.75, 3.05) is 4.90 Å². The van der Waals surface area contributed by atoms with Gasteiger partial charge >= 0.3 is 0 Å². The lowest BCUT2D eigenvalue weighted by atomic mass is 9.33. The summed E-state index contributed by atoms with van der Waals surface area (Å²) in [7, 11) is 0. The zero-order chi connectivity index (χ0) is 56.6. The highest BCUT2D eigenvalue weighted by Gasteiger charge is 2.44. The van der Waals surface area contributed by atoms with Gasteiger partial charge in [0.05, 0.1) is 22.2 Å². The van der Waals surface area contributed by atoms with Gasteiger partial charge in [0, 0.05) is 55.4 Å². The summed E-state index contributed by atoms with van der Waals surface area (Å²) in [6.45, 7) is 14.0. The average Bonchev–Trinajstić information content (AvgIpc) is 1.36. The Labute approximate surface area is 492 Å². The molecule has 16 rings (SSSR count). The van der Waals surface area contributed by atoms with E-state index in [4.69, 9.17) is 0 Å². The van der Waals surface area contributed by atoms with Gasteiger partial charge in [-0.3, -0.25) is 0 Å². The lowest BCUT2D eigenvalue weighted by molar-refractivity contribution is 0.569. The number of nitrogens with zero attached hydrogens (tertiary/aromatic N) is 3. The fraction of sp³-hybridized carbons (Fsp3) is 0.100. The first-order chi connectivity index (χ1) is 40.9. The van der Waals surface area contributed by atoms with Gasteiger partial charge in [-0.15, -0.1) is 0 Å². The molecule has 4 heteroatoms. The summed E-state index contributed by atoms with van der Waals surface area (Å²) in [5.74, 6) is 0. The molecule has 0 N–H and O–H groups in total. The minimum absolute atomic E-state index is 0.0847. The summed E-state index contributed by atoms with van der Waals surface area (Å²) in [6, 6.07) is 101. The molecule has 0 spiro atoms. The molecule has 0 aliphatic carbocycles. The summed E-state index contributed by atoms with van der Waals surface area (Å²) in [5.41, 5.74) is 29.0. The molecule has 0 saturated heterocycles. The van der Waals surface area contributed by atoms with Crippen LogP contribution >= 0.6 is 0 Å². The minimum atomic E-state index is -0.159. The first kappa shape index (κ1) is 49.9. The van der Waals surface area contributed by atoms with Crippen molar-refractivity contribution in [3.63, 3.8) is 0 Å². The SMILES string of the molecule is CC(C)(C)c1cc(-c2cc3c4c(c2)-n2c5ccc(-c6ccccc6)cc5c5cc(-c6ccccc6)cc(c52)B4c2cc4c(cc2N3c2ccc(-c3ccccc3)cc2-c2ccccc2)c2ccccc2n4-c2ccccc2)cc(C(C)(C)C)c1. The first-order valence-corrected chi connectivity index (χ1v) is 29.7. The molecule has 2 aromatic heterocycles. The Morgan fingerprint density at radius 1 is 0.286 bits per heavy atom. The van der Waals surface area contributed by atoms with E-state index in [0.717, 1.165) is 11.4 Å². The molecule has 2 aliphatic heterocycles. The number of rotatable bonds is 7. The molecule has 0 bridgehead atoms. The molecule has 4 heterocycles. The van der Waals surface area contributed by atoms with E-state index in [1.807, 2.05) is 0 Å². The van der Waals surface area contributed by atoms with Crippen LogP contribution in [0.1, 0.15) is 52.7 Å². The Kier molecular flexibility index (Phi) is 11.2. The fourth-order valence-corrected chi connectivity index (χ4v) is 13.9. The molecule has 400 valence electrons. The van der Waals surface area contributed by atoms with Crippen molar-refractivity contribution in [3.8, 4) is 67.0 Å². The van der Waals surface area contributed by atoms with Gasteiger partial charge in [0.2, 0.25) is 0 Å². The topological polar surface area (TPSA) is 13.1 Å². The van der Waals surface area contributed by atoms with E-state index in [-0.39, 0.29) is 17.5 Å². The van der Waals surface area contributed by atoms with Crippen LogP contribution in [0.3, 0.4) is 0 Å². The third kappa shape index (κ3) is 7.88. The Bertz CT molecular complexity index is 4910. The summed E-state index contributed by atoms with van der Waals surface area (Å²) >= 11 is 0. The van der Waals surface area contributed by atoms with E-state index in [0.29, 0.717) is 0 Å². The number of benzene rings is 12. The molecule has 0 unspecified atom stereocenters. The van der Waals surface area contributed by atoms with Crippen LogP contribution in [0, 0.1) is 0 Å². The van der Waals surface area contributed by atoms with Crippen molar-refractivity contribution < 1.29 is 0 Å². The summed E-state index contributed by atoms with van der Waals surface area (Å²) < 4.78 is 5.15. The number of hydrogen-bond donors (Lipinski definition) is 0. The van der Waals surface area contributed by atoms with E-state index in [9.17, 15) is 0 Å². The van der Waals surface area contributed by atoms with Crippen LogP contribution in [0.15, 0.2) is 267 Å². The molecule has 0 saturated carbocycles. The molecule has 0 radical (unpaired) electrons. The van der Waals surface area contributed by atoms with Crippen LogP contribution in [0.25, 0.3) is 111 Å². The van der Waals surface area contributed by atoms with Gasteiger partial charge in [0.25, 0.3) is 6.71 Å². The summed E-state index contributed by atoms with van der Waals surface area (Å²) in [4.78, 5) is 2.67. The summed E-state index contributed by atoms with van der Waals surface area (Å²) in [6.07, 6.45) is 0. The number of para-hydroxylation sites is 2. The first-order valence-electron chi connectivity index (χ1n) is 29.7. The lowest BCUT2D eigenvalue weighted by Gasteiger charge is -2.41. The molecule has 14 aromatic rings. The van der Waals surface area contributed by atoms with Gasteiger partial charge in [0.15, 0.2) is 0 Å². The van der Waals surface area contributed by atoms with Gasteiger partial charge < -0.3 is 14.0 Å². The fourth-order valence-electron chi connectivity index (χ4n) is 13.9. The van der Waals surface area contributed by atoms with E-state index in [1.165, 1.54) is 144 Å². The molecule has 84 heavy (non-hydrogen) atoms. The van der Waals surface area contributed by atoms with Crippen LogP contribution in [0.5, 0.6) is 0 Å². The second kappa shape index (κ2) is 18.8. The van der Waals surface area contributed by atoms with Crippen molar-refractivity contribution in [3.05, 3.63) is 278 Å². The molecule has 0 atom stereocenters. The molecule has 0 fully saturated rings. The molecule has 3 nitrogen and oxygen atoms in total. The number of aromatic nitrogens is 2. The normalized spacial score (nSPS) is 12.8. The van der Waals surface area contributed by atoms with Crippen molar-refractivity contribution in [2.45, 2.75) is 52.4 Å². The van der Waals surface area contributed by atoms with Crippen LogP contribution in [-0.2, 0) is 10.8 Å². The third-order valence-corrected chi connectivity index (χ3v) is 18.1. The van der Waals surface area contributed by atoms with Crippen LogP contribution in [0.4, 0.5) is 17.1 Å². The smallest absolute Gasteiger partial charge is 0.252 e. The second-order valence-corrected chi connectivity index (χ2v) is 25.3. The second-order valence-electron chi connectivity index (χ2n) is 25.3. The highest BCUT2D eigenvalue weighted by atomic mass is 15.2. The predicted molar refractivity (Wildman–Crippen MR) is 359 cm³/mol. The van der Waals surface area contributed by atoms with Crippen LogP contribution < -0.4 is 21.3 Å². The maximum absolute atomic E-state index is 2.67. The highest BCUT2D eigenvalue weighted by molar-refractivity contribution is 7.00. The maximum Gasteiger partial charge on any atom is 0.252 e. The van der Waals surface area contributed by atoms with Crippen molar-refractivity contribution in [1.82, 2.24) is 9.13 Å². The average molecular weight is 1080 g/mol. The van der Waals surface area contributed by atoms with Crippen molar-refractivity contribution in [1.29, 1.82) is 0 Å². The standard InChI is InChI=1S/C80H62BN3/c1-79(2,3)60-40-57(41-61(48-60)80(4,5)6)59-46-75-77-76(47-59)84-72-39-37-56(52-26-14-8-15-27-52)43-65(72)67-44-58(53-28-16-9-17-29-53)45-69(78(67)84)81(77)68-50-73-66(63-34-22-23-35-70(63)82(73)62-32-20-11-21-33-62)49-74(68)83(75)71-38-36-55(51-24-12-7-13-25-51)42-64(71)54-30-18-10-19-31-54/h7-50H,1-6H3. The van der Waals surface area contributed by atoms with E-state index < -0.39 is 0 Å². The zero-order valence-corrected chi connectivity index (χ0v) is 48.3. The Morgan fingerprint density at radius 3 is 1.43 bits per heavy atom. The number of fused-ring (bicyclic) bond motifs is 10. The molecular weight excluding hydrogens is 1010 g/mol. The maximum atomic E-state index is 2.67. The minimum Gasteiger partial charge on any atom is -0.311 e. The Hall–Kier alpha value is -9.90. The number of anilines is 3. The molecule has 12 aromatic carbocycles. The van der Waals surface area contributed by atoms with Gasteiger partial charge in [-0.1, -0.05) is 236 Å². The van der Waals surface area contributed by atoms with E-state index in [1.54, 1.807) is 0 Å². The van der Waals surface area contributed by atoms with Gasteiger partial charge in [-0.2, -0.15) is 0 Å². The van der Waals surface area contributed by atoms with E-state index >= 15 is 0 Å². The lowest BCUT2D eigenvalue weighted by Crippen LogP contribution is -2.60. The van der Waals surface area contributed by atoms with Crippen molar-refractivity contribution in [2.24, 2.45) is 0 Å². The predicted octanol–water partition coefficient (Wildman–Crippen LogP) is 19.4. The summed E-state index contributed by atoms with van der Waals surface area (Å²) in [5, 5.41) is 4.94. The molecule has 0 amide bonds. The Morgan fingerprint density at radius 2 is 0.786 bits per heavy atom. The quantitative estimate of drug-likeness (QED) is 0.145. The largest absolute Gasteiger partial charge is 0.311 e. The van der Waals surface area contributed by atoms with E-state index in [2.05, 4.69) is 322 Å². The zero-order valence-electron chi connectivity index (χ0n) is 48.3. The van der Waals surface area contributed by atoms with Gasteiger partial charge in [-0.25, -0.2) is 0 Å². The van der Waals surface area contributed by atoms with Crippen LogP contribution in [-0.4, -0.2) is 15.8 Å². The number of hydrogen-bond acceptors (Lipinski definition) is 1. The highest BCUT2D eigenvalue weighted by Crippen LogP contribution is 2.50. The van der Waals surface area contributed by atoms with Gasteiger partial charge in [-0.05, 0) is 161 Å². The van der Waals surface area contributed by atoms with Gasteiger partial charge in [0.1, 0.15) is 0 Å². The Balaban J connectivity index is 1.10. The van der Waals surface area contributed by atoms with Crippen molar-refractivity contribution >= 4 is 83.8 Å². The molecular formula is C80H62BN3. The monoisotopic (exact) mass is 1080 g/mol. The van der Waals surface area contributed by atoms with Crippen LogP contribution in [0.2, 0.25) is 0 Å². The third-order valence-electron chi connectivity index (χ3n) is 18.1. The molecule has 2 aliphatic rings.